The summed E-state index contributed by atoms with van der Waals surface area (Å²) in [6, 6.07) is 8.92. The van der Waals surface area contributed by atoms with Crippen molar-refractivity contribution in [1.29, 1.82) is 0 Å². The molecule has 0 saturated carbocycles. The number of benzene rings is 1. The van der Waals surface area contributed by atoms with E-state index in [0.29, 0.717) is 0 Å². The molecule has 0 aliphatic rings. The molecule has 102 valence electrons. The SMILES string of the molecule is Cc1cc(F)ccc1CCNC(C)c1ccc(Br)o1. The van der Waals surface area contributed by atoms with E-state index in [2.05, 4.69) is 28.2 Å². The molecular weight excluding hydrogens is 309 g/mol. The van der Waals surface area contributed by atoms with Gasteiger partial charge in [0.15, 0.2) is 4.67 Å². The number of hydrogen-bond donors (Lipinski definition) is 1. The van der Waals surface area contributed by atoms with Gasteiger partial charge in [-0.05, 0) is 78.1 Å². The van der Waals surface area contributed by atoms with Crippen molar-refractivity contribution in [3.8, 4) is 0 Å². The van der Waals surface area contributed by atoms with Crippen molar-refractivity contribution < 1.29 is 8.81 Å². The fourth-order valence-corrected chi connectivity index (χ4v) is 2.34. The second-order valence-electron chi connectivity index (χ2n) is 4.64. The molecule has 1 aromatic carbocycles. The number of halogens is 2. The Balaban J connectivity index is 1.86. The van der Waals surface area contributed by atoms with Crippen molar-refractivity contribution >= 4 is 15.9 Å². The number of rotatable bonds is 5. The quantitative estimate of drug-likeness (QED) is 0.882. The molecule has 1 aromatic heterocycles. The molecule has 0 bridgehead atoms. The van der Waals surface area contributed by atoms with Crippen LogP contribution in [0.3, 0.4) is 0 Å². The van der Waals surface area contributed by atoms with Crippen LogP contribution in [0, 0.1) is 12.7 Å². The van der Waals surface area contributed by atoms with Crippen molar-refractivity contribution in [3.05, 3.63) is 57.7 Å². The van der Waals surface area contributed by atoms with Crippen LogP contribution in [0.4, 0.5) is 4.39 Å². The first-order chi connectivity index (χ1) is 9.06. The van der Waals surface area contributed by atoms with Gasteiger partial charge in [-0.2, -0.15) is 0 Å². The molecule has 1 atom stereocenters. The third-order valence-electron chi connectivity index (χ3n) is 3.17. The lowest BCUT2D eigenvalue weighted by Crippen LogP contribution is -2.21. The molecule has 0 fully saturated rings. The highest BCUT2D eigenvalue weighted by Gasteiger charge is 2.09. The topological polar surface area (TPSA) is 25.2 Å². The van der Waals surface area contributed by atoms with Crippen LogP contribution in [0.15, 0.2) is 39.4 Å². The Kier molecular flexibility index (Phi) is 4.77. The molecule has 2 aromatic rings. The molecule has 0 spiro atoms. The van der Waals surface area contributed by atoms with E-state index in [1.165, 1.54) is 11.6 Å². The standard InChI is InChI=1S/C15H17BrFNO/c1-10-9-13(17)4-3-12(10)7-8-18-11(2)14-5-6-15(16)19-14/h3-6,9,11,18H,7-8H2,1-2H3. The van der Waals surface area contributed by atoms with E-state index in [1.807, 2.05) is 25.1 Å². The van der Waals surface area contributed by atoms with E-state index < -0.39 is 0 Å². The van der Waals surface area contributed by atoms with Crippen LogP contribution in [0.2, 0.25) is 0 Å². The maximum Gasteiger partial charge on any atom is 0.169 e. The van der Waals surface area contributed by atoms with Gasteiger partial charge in [-0.15, -0.1) is 0 Å². The van der Waals surface area contributed by atoms with E-state index in [9.17, 15) is 4.39 Å². The zero-order chi connectivity index (χ0) is 13.8. The molecule has 1 unspecified atom stereocenters. The number of furan rings is 1. The fraction of sp³-hybridized carbons (Fsp3) is 0.333. The Bertz CT molecular complexity index is 553. The first kappa shape index (κ1) is 14.3. The van der Waals surface area contributed by atoms with E-state index in [4.69, 9.17) is 4.42 Å². The van der Waals surface area contributed by atoms with Crippen molar-refractivity contribution in [2.45, 2.75) is 26.3 Å². The van der Waals surface area contributed by atoms with Crippen LogP contribution in [0.5, 0.6) is 0 Å². The summed E-state index contributed by atoms with van der Waals surface area (Å²) in [4.78, 5) is 0. The average molecular weight is 326 g/mol. The van der Waals surface area contributed by atoms with Gasteiger partial charge in [0.2, 0.25) is 0 Å². The van der Waals surface area contributed by atoms with Gasteiger partial charge < -0.3 is 9.73 Å². The lowest BCUT2D eigenvalue weighted by molar-refractivity contribution is 0.420. The van der Waals surface area contributed by atoms with E-state index in [1.54, 1.807) is 6.07 Å². The number of nitrogens with one attached hydrogen (secondary N) is 1. The molecule has 1 heterocycles. The first-order valence-corrected chi connectivity index (χ1v) is 7.09. The van der Waals surface area contributed by atoms with Gasteiger partial charge in [0, 0.05) is 0 Å². The predicted octanol–water partition coefficient (Wildman–Crippen LogP) is 4.38. The van der Waals surface area contributed by atoms with Gasteiger partial charge >= 0.3 is 0 Å². The van der Waals surface area contributed by atoms with Crippen LogP contribution >= 0.6 is 15.9 Å². The third kappa shape index (κ3) is 3.91. The summed E-state index contributed by atoms with van der Waals surface area (Å²) in [5, 5.41) is 3.39. The van der Waals surface area contributed by atoms with Gasteiger partial charge in [-0.3, -0.25) is 0 Å². The zero-order valence-corrected chi connectivity index (χ0v) is 12.6. The Morgan fingerprint density at radius 2 is 2.11 bits per heavy atom. The molecule has 19 heavy (non-hydrogen) atoms. The highest BCUT2D eigenvalue weighted by atomic mass is 79.9. The Labute approximate surface area is 121 Å². The van der Waals surface area contributed by atoms with Gasteiger partial charge in [0.25, 0.3) is 0 Å². The Morgan fingerprint density at radius 3 is 2.74 bits per heavy atom. The van der Waals surface area contributed by atoms with Gasteiger partial charge in [0.05, 0.1) is 6.04 Å². The minimum atomic E-state index is -0.178. The van der Waals surface area contributed by atoms with Crippen molar-refractivity contribution in [3.63, 3.8) is 0 Å². The van der Waals surface area contributed by atoms with Crippen molar-refractivity contribution in [1.82, 2.24) is 5.32 Å². The maximum absolute atomic E-state index is 13.0. The summed E-state index contributed by atoms with van der Waals surface area (Å²) >= 11 is 3.29. The summed E-state index contributed by atoms with van der Waals surface area (Å²) in [5.41, 5.74) is 2.16. The zero-order valence-electron chi connectivity index (χ0n) is 11.0. The summed E-state index contributed by atoms with van der Waals surface area (Å²) in [6.07, 6.45) is 0.873. The number of hydrogen-bond acceptors (Lipinski definition) is 2. The second-order valence-corrected chi connectivity index (χ2v) is 5.42. The van der Waals surface area contributed by atoms with E-state index in [-0.39, 0.29) is 11.9 Å². The fourth-order valence-electron chi connectivity index (χ4n) is 2.02. The smallest absolute Gasteiger partial charge is 0.169 e. The lowest BCUT2D eigenvalue weighted by Gasteiger charge is -2.12. The molecule has 2 nitrogen and oxygen atoms in total. The van der Waals surface area contributed by atoms with Crippen LogP contribution in [0.1, 0.15) is 29.9 Å². The second kappa shape index (κ2) is 6.35. The van der Waals surface area contributed by atoms with Gasteiger partial charge in [-0.1, -0.05) is 6.07 Å². The molecule has 0 radical (unpaired) electrons. The summed E-state index contributed by atoms with van der Waals surface area (Å²) in [6.45, 7) is 4.82. The maximum atomic E-state index is 13.0. The molecule has 0 aliphatic carbocycles. The highest BCUT2D eigenvalue weighted by Crippen LogP contribution is 2.20. The minimum Gasteiger partial charge on any atom is -0.453 e. The Morgan fingerprint density at radius 1 is 1.32 bits per heavy atom. The first-order valence-electron chi connectivity index (χ1n) is 6.30. The monoisotopic (exact) mass is 325 g/mol. The van der Waals surface area contributed by atoms with E-state index in [0.717, 1.165) is 29.0 Å². The molecular formula is C15H17BrFNO. The highest BCUT2D eigenvalue weighted by molar-refractivity contribution is 9.10. The van der Waals surface area contributed by atoms with Crippen molar-refractivity contribution in [2.75, 3.05) is 6.54 Å². The molecule has 0 amide bonds. The predicted molar refractivity (Wildman–Crippen MR) is 77.7 cm³/mol. The number of aryl methyl sites for hydroxylation is 1. The van der Waals surface area contributed by atoms with Crippen LogP contribution in [-0.4, -0.2) is 6.54 Å². The lowest BCUT2D eigenvalue weighted by atomic mass is 10.1. The summed E-state index contributed by atoms with van der Waals surface area (Å²) in [5.74, 6) is 0.728. The molecule has 2 rings (SSSR count). The van der Waals surface area contributed by atoms with Crippen LogP contribution in [-0.2, 0) is 6.42 Å². The molecule has 0 saturated heterocycles. The van der Waals surface area contributed by atoms with Crippen LogP contribution < -0.4 is 5.32 Å². The minimum absolute atomic E-state index is 0.159. The summed E-state index contributed by atoms with van der Waals surface area (Å²) < 4.78 is 19.2. The Hall–Kier alpha value is -1.13. The van der Waals surface area contributed by atoms with Gasteiger partial charge in [0.1, 0.15) is 11.6 Å². The third-order valence-corrected chi connectivity index (χ3v) is 3.60. The summed E-state index contributed by atoms with van der Waals surface area (Å²) in [7, 11) is 0. The molecule has 4 heteroatoms. The van der Waals surface area contributed by atoms with Gasteiger partial charge in [-0.25, -0.2) is 4.39 Å². The van der Waals surface area contributed by atoms with E-state index >= 15 is 0 Å². The van der Waals surface area contributed by atoms with Crippen molar-refractivity contribution in [2.24, 2.45) is 0 Å². The average Bonchev–Trinajstić information content (AvgIpc) is 2.78. The van der Waals surface area contributed by atoms with Crippen LogP contribution in [0.25, 0.3) is 0 Å². The molecule has 0 aliphatic heterocycles. The molecule has 1 N–H and O–H groups in total. The largest absolute Gasteiger partial charge is 0.453 e. The normalized spacial score (nSPS) is 12.6.